The smallest absolute Gasteiger partial charge is 0.487 e. The Morgan fingerprint density at radius 2 is 1.79 bits per heavy atom. The van der Waals surface area contributed by atoms with Crippen LogP contribution >= 0.6 is 0 Å². The average molecular weight is 591 g/mol. The highest BCUT2D eigenvalue weighted by atomic mass is 19.4. The third-order valence-corrected chi connectivity index (χ3v) is 7.63. The summed E-state index contributed by atoms with van der Waals surface area (Å²) in [6, 6.07) is 17.8. The first-order valence-corrected chi connectivity index (χ1v) is 14.0. The quantitative estimate of drug-likeness (QED) is 0.182. The van der Waals surface area contributed by atoms with Gasteiger partial charge >= 0.3 is 12.3 Å². The Kier molecular flexibility index (Phi) is 7.55. The van der Waals surface area contributed by atoms with Gasteiger partial charge in [-0.25, -0.2) is 4.98 Å². The average Bonchev–Trinajstić information content (AvgIpc) is 3.28. The van der Waals surface area contributed by atoms with Crippen molar-refractivity contribution in [1.82, 2.24) is 14.8 Å². The molecule has 3 aromatic carbocycles. The van der Waals surface area contributed by atoms with Crippen molar-refractivity contribution >= 4 is 33.5 Å². The van der Waals surface area contributed by atoms with Crippen molar-refractivity contribution in [3.05, 3.63) is 78.1 Å². The summed E-state index contributed by atoms with van der Waals surface area (Å²) in [5.41, 5.74) is 9.97. The molecule has 0 bridgehead atoms. The van der Waals surface area contributed by atoms with E-state index in [2.05, 4.69) is 9.72 Å². The van der Waals surface area contributed by atoms with Crippen LogP contribution in [0.1, 0.15) is 43.5 Å². The number of nitrogens with zero attached hydrogens (tertiary/aromatic N) is 3. The number of benzene rings is 3. The normalized spacial score (nSPS) is 13.7. The van der Waals surface area contributed by atoms with Crippen LogP contribution in [0, 0.1) is 0 Å². The largest absolute Gasteiger partial charge is 0.573 e. The molecule has 5 aromatic rings. The zero-order valence-electron chi connectivity index (χ0n) is 23.4. The number of pyridine rings is 1. The lowest BCUT2D eigenvalue weighted by Crippen LogP contribution is -2.21. The molecule has 6 rings (SSSR count). The maximum absolute atomic E-state index is 13.0. The second-order valence-electron chi connectivity index (χ2n) is 10.4. The van der Waals surface area contributed by atoms with Crippen LogP contribution in [0.5, 0.6) is 11.5 Å². The van der Waals surface area contributed by atoms with Crippen LogP contribution in [0.4, 0.5) is 19.0 Å². The van der Waals surface area contributed by atoms with Gasteiger partial charge in [-0.05, 0) is 73.0 Å². The van der Waals surface area contributed by atoms with Crippen LogP contribution in [0.25, 0.3) is 32.8 Å². The minimum Gasteiger partial charge on any atom is -0.487 e. The molecular weight excluding hydrogens is 561 g/mol. The predicted octanol–water partition coefficient (Wildman–Crippen LogP) is 7.14. The molecule has 43 heavy (non-hydrogen) atoms. The van der Waals surface area contributed by atoms with Crippen molar-refractivity contribution < 1.29 is 32.2 Å². The second kappa shape index (κ2) is 11.5. The first kappa shape index (κ1) is 28.3. The highest BCUT2D eigenvalue weighted by molar-refractivity contribution is 5.95. The Morgan fingerprint density at radius 1 is 1.02 bits per heavy atom. The number of carbonyl (C=O) groups excluding carboxylic acids is 1. The zero-order valence-corrected chi connectivity index (χ0v) is 23.4. The van der Waals surface area contributed by atoms with Crippen LogP contribution < -0.4 is 15.2 Å². The fourth-order valence-corrected chi connectivity index (χ4v) is 5.31. The lowest BCUT2D eigenvalue weighted by Gasteiger charge is -2.27. The summed E-state index contributed by atoms with van der Waals surface area (Å²) in [5, 5.41) is 7.56. The van der Waals surface area contributed by atoms with Gasteiger partial charge in [0.1, 0.15) is 23.9 Å². The molecule has 0 unspecified atom stereocenters. The topological polar surface area (TPSA) is 101 Å². The molecule has 0 aliphatic heterocycles. The zero-order chi connectivity index (χ0) is 30.1. The van der Waals surface area contributed by atoms with Crippen molar-refractivity contribution in [2.75, 3.05) is 12.3 Å². The van der Waals surface area contributed by atoms with Crippen LogP contribution in [-0.4, -0.2) is 33.7 Å². The van der Waals surface area contributed by atoms with Gasteiger partial charge in [-0.3, -0.25) is 9.48 Å². The fraction of sp³-hybridized carbons (Fsp3) is 0.281. The molecule has 222 valence electrons. The summed E-state index contributed by atoms with van der Waals surface area (Å²) in [4.78, 5) is 16.4. The molecule has 8 nitrogen and oxygen atoms in total. The molecule has 0 saturated heterocycles. The lowest BCUT2D eigenvalue weighted by molar-refractivity contribution is -0.274. The number of anilines is 1. The summed E-state index contributed by atoms with van der Waals surface area (Å²) >= 11 is 0. The van der Waals surface area contributed by atoms with Gasteiger partial charge in [0, 0.05) is 28.6 Å². The van der Waals surface area contributed by atoms with Crippen LogP contribution in [-0.2, 0) is 22.6 Å². The molecular formula is C32H29F3N4O4. The van der Waals surface area contributed by atoms with Crippen LogP contribution in [0.3, 0.4) is 0 Å². The molecule has 1 aliphatic rings. The number of esters is 1. The van der Waals surface area contributed by atoms with E-state index in [-0.39, 0.29) is 31.4 Å². The van der Waals surface area contributed by atoms with E-state index in [1.807, 2.05) is 47.1 Å². The highest BCUT2D eigenvalue weighted by Crippen LogP contribution is 2.37. The number of ether oxygens (including phenoxy) is 3. The van der Waals surface area contributed by atoms with Crippen LogP contribution in [0.2, 0.25) is 0 Å². The van der Waals surface area contributed by atoms with Crippen molar-refractivity contribution in [2.45, 2.75) is 51.6 Å². The van der Waals surface area contributed by atoms with Crippen molar-refractivity contribution in [3.8, 4) is 22.6 Å². The number of nitrogens with two attached hydrogens (primary N) is 1. The predicted molar refractivity (Wildman–Crippen MR) is 156 cm³/mol. The number of aromatic nitrogens is 3. The van der Waals surface area contributed by atoms with Gasteiger partial charge in [0.2, 0.25) is 0 Å². The molecule has 1 aliphatic carbocycles. The monoisotopic (exact) mass is 590 g/mol. The van der Waals surface area contributed by atoms with E-state index in [1.165, 1.54) is 6.07 Å². The Bertz CT molecular complexity index is 1810. The molecule has 0 spiro atoms. The van der Waals surface area contributed by atoms with E-state index in [4.69, 9.17) is 20.3 Å². The number of nitrogen functional groups attached to an aromatic ring is 1. The number of fused-ring (bicyclic) bond motifs is 2. The third kappa shape index (κ3) is 6.06. The summed E-state index contributed by atoms with van der Waals surface area (Å²) < 4.78 is 56.2. The Hall–Kier alpha value is -4.80. The second-order valence-corrected chi connectivity index (χ2v) is 10.4. The van der Waals surface area contributed by atoms with Crippen molar-refractivity contribution in [2.24, 2.45) is 0 Å². The van der Waals surface area contributed by atoms with Gasteiger partial charge < -0.3 is 19.9 Å². The van der Waals surface area contributed by atoms with Crippen molar-refractivity contribution in [1.29, 1.82) is 0 Å². The van der Waals surface area contributed by atoms with Gasteiger partial charge in [-0.1, -0.05) is 24.3 Å². The summed E-state index contributed by atoms with van der Waals surface area (Å²) in [6.07, 6.45) is -0.351. The fourth-order valence-electron chi connectivity index (χ4n) is 5.31. The van der Waals surface area contributed by atoms with Crippen LogP contribution in [0.15, 0.2) is 66.9 Å². The number of hydrogen-bond acceptors (Lipinski definition) is 7. The van der Waals surface area contributed by atoms with E-state index in [9.17, 15) is 18.0 Å². The summed E-state index contributed by atoms with van der Waals surface area (Å²) in [7, 11) is 0. The standard InChI is InChI=1S/C32H29F3N4O4/c1-2-41-30(40)16-22-8-10-24(43-32(33,34)35)17-29(22)42-18-28-26-15-21(9-11-27(26)38-39(28)23-4-3-5-23)20-7-6-19-12-13-37-31(36)25(19)14-20/h6-15,17,23H,2-5,16,18H2,1H3,(H2,36,37). The molecule has 2 N–H and O–H groups in total. The number of carbonyl (C=O) groups is 1. The minimum absolute atomic E-state index is 0.0103. The van der Waals surface area contributed by atoms with Gasteiger partial charge in [0.15, 0.2) is 0 Å². The molecule has 0 amide bonds. The van der Waals surface area contributed by atoms with E-state index in [0.717, 1.165) is 69.9 Å². The third-order valence-electron chi connectivity index (χ3n) is 7.63. The number of alkyl halides is 3. The maximum atomic E-state index is 13.0. The highest BCUT2D eigenvalue weighted by Gasteiger charge is 2.32. The molecule has 0 atom stereocenters. The molecule has 11 heteroatoms. The molecule has 1 fully saturated rings. The molecule has 0 radical (unpaired) electrons. The van der Waals surface area contributed by atoms with Crippen molar-refractivity contribution in [3.63, 3.8) is 0 Å². The van der Waals surface area contributed by atoms with Gasteiger partial charge in [-0.15, -0.1) is 13.2 Å². The molecule has 2 aromatic heterocycles. The Morgan fingerprint density at radius 3 is 2.51 bits per heavy atom. The Balaban J connectivity index is 1.38. The number of halogens is 3. The molecule has 1 saturated carbocycles. The van der Waals surface area contributed by atoms with Gasteiger partial charge in [-0.2, -0.15) is 5.10 Å². The Labute approximate surface area is 245 Å². The minimum atomic E-state index is -4.88. The summed E-state index contributed by atoms with van der Waals surface area (Å²) in [5.74, 6) is -0.418. The first-order chi connectivity index (χ1) is 20.7. The lowest BCUT2D eigenvalue weighted by atomic mass is 9.93. The maximum Gasteiger partial charge on any atom is 0.573 e. The number of hydrogen-bond donors (Lipinski definition) is 1. The first-order valence-electron chi connectivity index (χ1n) is 14.0. The van der Waals surface area contributed by atoms with Gasteiger partial charge in [0.05, 0.1) is 30.3 Å². The van der Waals surface area contributed by atoms with E-state index in [0.29, 0.717) is 11.4 Å². The van der Waals surface area contributed by atoms with E-state index in [1.54, 1.807) is 13.1 Å². The van der Waals surface area contributed by atoms with E-state index < -0.39 is 18.1 Å². The molecule has 2 heterocycles. The summed E-state index contributed by atoms with van der Waals surface area (Å²) in [6.45, 7) is 1.87. The van der Waals surface area contributed by atoms with Gasteiger partial charge in [0.25, 0.3) is 0 Å². The van der Waals surface area contributed by atoms with E-state index >= 15 is 0 Å². The number of rotatable bonds is 9. The SMILES string of the molecule is CCOC(=O)Cc1ccc(OC(F)(F)F)cc1OCc1c2cc(-c3ccc4ccnc(N)c4c3)ccc2nn1C1CCC1.